The lowest BCUT2D eigenvalue weighted by molar-refractivity contribution is 0.989. The summed E-state index contributed by atoms with van der Waals surface area (Å²) in [4.78, 5) is 4.96. The molecule has 1 aliphatic rings. The predicted molar refractivity (Wildman–Crippen MR) is 92.2 cm³/mol. The summed E-state index contributed by atoms with van der Waals surface area (Å²) < 4.78 is 0. The highest BCUT2D eigenvalue weighted by Gasteiger charge is 2.24. The summed E-state index contributed by atoms with van der Waals surface area (Å²) in [5, 5.41) is 2.60. The van der Waals surface area contributed by atoms with Gasteiger partial charge < -0.3 is 4.90 Å². The largest absolute Gasteiger partial charge is 0.338 e. The van der Waals surface area contributed by atoms with Crippen molar-refractivity contribution >= 4 is 45.5 Å². The maximum atomic E-state index is 6.04. The Morgan fingerprint density at radius 1 is 0.857 bits per heavy atom. The summed E-state index contributed by atoms with van der Waals surface area (Å²) in [5.74, 6) is 0.616. The Balaban J connectivity index is 1.98. The molecule has 3 aromatic rings. The summed E-state index contributed by atoms with van der Waals surface area (Å²) in [5.41, 5.74) is 2.52. The van der Waals surface area contributed by atoms with Crippen molar-refractivity contribution in [2.45, 2.75) is 9.79 Å². The number of alkyl halides is 1. The van der Waals surface area contributed by atoms with E-state index < -0.39 is 0 Å². The minimum atomic E-state index is 0.616. The molecule has 104 valence electrons. The van der Waals surface area contributed by atoms with Crippen LogP contribution < -0.4 is 4.90 Å². The fraction of sp³-hybridized carbons (Fsp3) is 0.111. The second kappa shape index (κ2) is 5.28. The van der Waals surface area contributed by atoms with Crippen LogP contribution >= 0.6 is 23.4 Å². The van der Waals surface area contributed by atoms with Gasteiger partial charge in [0.25, 0.3) is 0 Å². The smallest absolute Gasteiger partial charge is 0.0559 e. The number of hydrogen-bond donors (Lipinski definition) is 0. The van der Waals surface area contributed by atoms with Crippen LogP contribution in [0.25, 0.3) is 10.8 Å². The Morgan fingerprint density at radius 2 is 1.67 bits per heavy atom. The van der Waals surface area contributed by atoms with E-state index >= 15 is 0 Å². The van der Waals surface area contributed by atoms with Crippen molar-refractivity contribution in [3.63, 3.8) is 0 Å². The number of nitrogens with zero attached hydrogens (tertiary/aromatic N) is 1. The number of hydrogen-bond acceptors (Lipinski definition) is 2. The number of fused-ring (bicyclic) bond motifs is 4. The lowest BCUT2D eigenvalue weighted by atomic mass is 10.1. The molecule has 1 aliphatic heterocycles. The van der Waals surface area contributed by atoms with Gasteiger partial charge >= 0.3 is 0 Å². The van der Waals surface area contributed by atoms with Crippen molar-refractivity contribution in [2.24, 2.45) is 0 Å². The fourth-order valence-corrected chi connectivity index (χ4v) is 4.28. The van der Waals surface area contributed by atoms with Crippen LogP contribution in [0.2, 0.25) is 0 Å². The van der Waals surface area contributed by atoms with E-state index in [0.29, 0.717) is 5.88 Å². The van der Waals surface area contributed by atoms with Crippen LogP contribution in [0.15, 0.2) is 70.5 Å². The van der Waals surface area contributed by atoms with E-state index in [1.165, 1.54) is 31.9 Å². The van der Waals surface area contributed by atoms with E-state index in [0.717, 1.165) is 6.54 Å². The minimum Gasteiger partial charge on any atom is -0.338 e. The molecule has 0 fully saturated rings. The Morgan fingerprint density at radius 3 is 2.57 bits per heavy atom. The molecule has 0 saturated heterocycles. The van der Waals surface area contributed by atoms with Crippen LogP contribution in [-0.2, 0) is 0 Å². The molecule has 3 aromatic carbocycles. The van der Waals surface area contributed by atoms with Crippen LogP contribution in [0.5, 0.6) is 0 Å². The number of halogens is 1. The van der Waals surface area contributed by atoms with Crippen LogP contribution in [-0.4, -0.2) is 12.4 Å². The lowest BCUT2D eigenvalue weighted by Crippen LogP contribution is -2.22. The zero-order valence-corrected chi connectivity index (χ0v) is 13.0. The molecular formula is C18H14ClNS. The van der Waals surface area contributed by atoms with Crippen LogP contribution in [0.4, 0.5) is 11.4 Å². The maximum absolute atomic E-state index is 6.04. The topological polar surface area (TPSA) is 3.24 Å². The van der Waals surface area contributed by atoms with Crippen molar-refractivity contribution in [1.29, 1.82) is 0 Å². The zero-order valence-electron chi connectivity index (χ0n) is 11.4. The monoisotopic (exact) mass is 311 g/mol. The van der Waals surface area contributed by atoms with Crippen molar-refractivity contribution in [1.82, 2.24) is 0 Å². The van der Waals surface area contributed by atoms with Gasteiger partial charge in [-0.15, -0.1) is 11.6 Å². The third kappa shape index (κ3) is 2.10. The van der Waals surface area contributed by atoms with Crippen LogP contribution in [0.3, 0.4) is 0 Å². The van der Waals surface area contributed by atoms with Gasteiger partial charge in [-0.2, -0.15) is 0 Å². The first-order valence-corrected chi connectivity index (χ1v) is 8.36. The second-order valence-electron chi connectivity index (χ2n) is 5.05. The molecular weight excluding hydrogens is 298 g/mol. The molecule has 3 heteroatoms. The highest BCUT2D eigenvalue weighted by atomic mass is 35.5. The standard InChI is InChI=1S/C18H14ClNS/c19-11-12-20-15-7-3-4-8-17(15)21-18-14-6-2-1-5-13(14)9-10-16(18)20/h1-10H,11-12H2. The molecule has 1 heterocycles. The van der Waals surface area contributed by atoms with Crippen molar-refractivity contribution in [3.05, 3.63) is 60.7 Å². The van der Waals surface area contributed by atoms with Crippen LogP contribution in [0, 0.1) is 0 Å². The highest BCUT2D eigenvalue weighted by Crippen LogP contribution is 2.50. The summed E-state index contributed by atoms with van der Waals surface area (Å²) in [7, 11) is 0. The first-order valence-electron chi connectivity index (χ1n) is 7.00. The fourth-order valence-electron chi connectivity index (χ4n) is 2.88. The van der Waals surface area contributed by atoms with E-state index in [9.17, 15) is 0 Å². The zero-order chi connectivity index (χ0) is 14.2. The van der Waals surface area contributed by atoms with Gasteiger partial charge in [0.1, 0.15) is 0 Å². The van der Waals surface area contributed by atoms with Crippen molar-refractivity contribution in [3.8, 4) is 0 Å². The van der Waals surface area contributed by atoms with E-state index in [4.69, 9.17) is 11.6 Å². The second-order valence-corrected chi connectivity index (χ2v) is 6.48. The minimum absolute atomic E-state index is 0.616. The van der Waals surface area contributed by atoms with Gasteiger partial charge in [0.05, 0.1) is 11.4 Å². The Bertz CT molecular complexity index is 815. The molecule has 0 aromatic heterocycles. The summed E-state index contributed by atoms with van der Waals surface area (Å²) in [6.45, 7) is 0.824. The van der Waals surface area contributed by atoms with Gasteiger partial charge in [-0.1, -0.05) is 54.2 Å². The molecule has 0 bridgehead atoms. The summed E-state index contributed by atoms with van der Waals surface area (Å²) in [6, 6.07) is 21.5. The van der Waals surface area contributed by atoms with Gasteiger partial charge in [0, 0.05) is 22.2 Å². The molecule has 4 rings (SSSR count). The average molecular weight is 312 g/mol. The first kappa shape index (κ1) is 13.1. The molecule has 0 radical (unpaired) electrons. The molecule has 0 atom stereocenters. The average Bonchev–Trinajstić information content (AvgIpc) is 2.55. The molecule has 1 nitrogen and oxygen atoms in total. The number of benzene rings is 3. The number of rotatable bonds is 2. The normalized spacial score (nSPS) is 13.1. The van der Waals surface area contributed by atoms with Crippen molar-refractivity contribution < 1.29 is 0 Å². The Hall–Kier alpha value is -1.64. The first-order chi connectivity index (χ1) is 10.4. The van der Waals surface area contributed by atoms with Gasteiger partial charge in [-0.05, 0) is 29.0 Å². The summed E-state index contributed by atoms with van der Waals surface area (Å²) in [6.07, 6.45) is 0. The molecule has 0 unspecified atom stereocenters. The third-order valence-corrected chi connectivity index (χ3v) is 5.19. The lowest BCUT2D eigenvalue weighted by Gasteiger charge is -2.33. The van der Waals surface area contributed by atoms with Crippen molar-refractivity contribution in [2.75, 3.05) is 17.3 Å². The molecule has 0 aliphatic carbocycles. The third-order valence-electron chi connectivity index (χ3n) is 3.83. The SMILES string of the molecule is ClCCN1c2ccccc2Sc2c1ccc1ccccc21. The van der Waals surface area contributed by atoms with E-state index in [2.05, 4.69) is 65.6 Å². The number of anilines is 2. The van der Waals surface area contributed by atoms with Gasteiger partial charge in [-0.25, -0.2) is 0 Å². The van der Waals surface area contributed by atoms with Gasteiger partial charge in [0.2, 0.25) is 0 Å². The van der Waals surface area contributed by atoms with E-state index in [1.807, 2.05) is 11.8 Å². The van der Waals surface area contributed by atoms with Gasteiger partial charge in [-0.3, -0.25) is 0 Å². The molecule has 0 amide bonds. The highest BCUT2D eigenvalue weighted by molar-refractivity contribution is 8.00. The quantitative estimate of drug-likeness (QED) is 0.560. The molecule has 0 spiro atoms. The van der Waals surface area contributed by atoms with E-state index in [-0.39, 0.29) is 0 Å². The molecule has 0 saturated carbocycles. The Kier molecular flexibility index (Phi) is 3.28. The predicted octanol–water partition coefficient (Wildman–Crippen LogP) is 5.68. The Labute approximate surface area is 133 Å². The summed E-state index contributed by atoms with van der Waals surface area (Å²) >= 11 is 7.89. The maximum Gasteiger partial charge on any atom is 0.0559 e. The van der Waals surface area contributed by atoms with E-state index in [1.54, 1.807) is 0 Å². The number of para-hydroxylation sites is 1. The van der Waals surface area contributed by atoms with Gasteiger partial charge in [0.15, 0.2) is 0 Å². The molecule has 0 N–H and O–H groups in total. The molecule has 21 heavy (non-hydrogen) atoms. The van der Waals surface area contributed by atoms with Crippen LogP contribution in [0.1, 0.15) is 0 Å².